The van der Waals surface area contributed by atoms with Crippen molar-refractivity contribution in [3.8, 4) is 5.75 Å². The van der Waals surface area contributed by atoms with Gasteiger partial charge in [-0.1, -0.05) is 42.5 Å². The third-order valence-corrected chi connectivity index (χ3v) is 3.78. The Labute approximate surface area is 142 Å². The van der Waals surface area contributed by atoms with Crippen LogP contribution in [0.15, 0.2) is 72.9 Å². The summed E-state index contributed by atoms with van der Waals surface area (Å²) in [5, 5.41) is 8.22. The minimum Gasteiger partial charge on any atom is -0.489 e. The standard InChI is InChI=1S/C21H20N2O/c1-16-11-12-23-21(13-16)20(22)14-17-7-9-19(10-8-17)24-15-18-5-3-2-4-6-18/h2-13,22H,14-15H2,1H3. The number of benzene rings is 2. The summed E-state index contributed by atoms with van der Waals surface area (Å²) in [6, 6.07) is 21.9. The van der Waals surface area contributed by atoms with E-state index in [4.69, 9.17) is 10.1 Å². The van der Waals surface area contributed by atoms with Crippen molar-refractivity contribution in [1.29, 1.82) is 5.41 Å². The second-order valence-corrected chi connectivity index (χ2v) is 5.79. The van der Waals surface area contributed by atoms with Crippen LogP contribution in [0.1, 0.15) is 22.4 Å². The number of hydrogen-bond donors (Lipinski definition) is 1. The molecule has 0 saturated heterocycles. The molecular formula is C21H20N2O. The topological polar surface area (TPSA) is 46.0 Å². The molecule has 2 aromatic carbocycles. The van der Waals surface area contributed by atoms with Gasteiger partial charge in [-0.2, -0.15) is 0 Å². The van der Waals surface area contributed by atoms with Gasteiger partial charge in [0.05, 0.1) is 11.4 Å². The molecule has 0 bridgehead atoms. The van der Waals surface area contributed by atoms with Gasteiger partial charge in [-0.3, -0.25) is 4.98 Å². The maximum atomic E-state index is 8.22. The fraction of sp³-hybridized carbons (Fsp3) is 0.143. The zero-order valence-corrected chi connectivity index (χ0v) is 13.7. The zero-order chi connectivity index (χ0) is 16.8. The number of nitrogens with zero attached hydrogens (tertiary/aromatic N) is 1. The molecule has 0 spiro atoms. The van der Waals surface area contributed by atoms with Gasteiger partial charge in [0, 0.05) is 12.6 Å². The molecule has 3 heteroatoms. The number of aromatic nitrogens is 1. The quantitative estimate of drug-likeness (QED) is 0.677. The van der Waals surface area contributed by atoms with Crippen molar-refractivity contribution < 1.29 is 4.74 Å². The number of nitrogens with one attached hydrogen (secondary N) is 1. The summed E-state index contributed by atoms with van der Waals surface area (Å²) >= 11 is 0. The van der Waals surface area contributed by atoms with Crippen molar-refractivity contribution in [1.82, 2.24) is 4.98 Å². The highest BCUT2D eigenvalue weighted by molar-refractivity contribution is 5.97. The molecular weight excluding hydrogens is 296 g/mol. The molecule has 0 aliphatic carbocycles. The second kappa shape index (κ2) is 7.55. The van der Waals surface area contributed by atoms with E-state index in [1.54, 1.807) is 6.20 Å². The van der Waals surface area contributed by atoms with Crippen molar-refractivity contribution in [3.63, 3.8) is 0 Å². The maximum absolute atomic E-state index is 8.22. The van der Waals surface area contributed by atoms with Gasteiger partial charge in [0.1, 0.15) is 12.4 Å². The Bertz CT molecular complexity index is 811. The highest BCUT2D eigenvalue weighted by Gasteiger charge is 2.05. The minimum absolute atomic E-state index is 0.525. The number of ether oxygens (including phenoxy) is 1. The Hall–Kier alpha value is -2.94. The van der Waals surface area contributed by atoms with Gasteiger partial charge in [0.15, 0.2) is 0 Å². The van der Waals surface area contributed by atoms with Crippen molar-refractivity contribution in [3.05, 3.63) is 95.3 Å². The molecule has 24 heavy (non-hydrogen) atoms. The second-order valence-electron chi connectivity index (χ2n) is 5.79. The molecule has 0 fully saturated rings. The number of rotatable bonds is 6. The van der Waals surface area contributed by atoms with E-state index >= 15 is 0 Å². The third kappa shape index (κ3) is 4.29. The van der Waals surface area contributed by atoms with E-state index in [-0.39, 0.29) is 0 Å². The summed E-state index contributed by atoms with van der Waals surface area (Å²) in [7, 11) is 0. The monoisotopic (exact) mass is 316 g/mol. The Morgan fingerprint density at radius 1 is 0.958 bits per heavy atom. The van der Waals surface area contributed by atoms with Crippen molar-refractivity contribution in [2.45, 2.75) is 20.0 Å². The highest BCUT2D eigenvalue weighted by Crippen LogP contribution is 2.15. The number of pyridine rings is 1. The lowest BCUT2D eigenvalue weighted by molar-refractivity contribution is 0.306. The van der Waals surface area contributed by atoms with E-state index < -0.39 is 0 Å². The smallest absolute Gasteiger partial charge is 0.119 e. The molecule has 0 aliphatic heterocycles. The van der Waals surface area contributed by atoms with E-state index in [1.165, 1.54) is 0 Å². The van der Waals surface area contributed by atoms with Crippen LogP contribution in [-0.4, -0.2) is 10.7 Å². The lowest BCUT2D eigenvalue weighted by Gasteiger charge is -2.08. The van der Waals surface area contributed by atoms with E-state index in [9.17, 15) is 0 Å². The van der Waals surface area contributed by atoms with Crippen LogP contribution in [0.25, 0.3) is 0 Å². The molecule has 0 radical (unpaired) electrons. The van der Waals surface area contributed by atoms with Gasteiger partial charge < -0.3 is 10.1 Å². The molecule has 0 atom stereocenters. The van der Waals surface area contributed by atoms with E-state index in [0.717, 1.165) is 28.1 Å². The van der Waals surface area contributed by atoms with Gasteiger partial charge in [-0.05, 0) is 47.9 Å². The molecule has 1 heterocycles. The fourth-order valence-electron chi connectivity index (χ4n) is 2.44. The average molecular weight is 316 g/mol. The molecule has 3 nitrogen and oxygen atoms in total. The maximum Gasteiger partial charge on any atom is 0.119 e. The Kier molecular flexibility index (Phi) is 5.02. The van der Waals surface area contributed by atoms with Crippen molar-refractivity contribution >= 4 is 5.71 Å². The largest absolute Gasteiger partial charge is 0.489 e. The first-order chi connectivity index (χ1) is 11.7. The Morgan fingerprint density at radius 2 is 1.71 bits per heavy atom. The molecule has 0 unspecified atom stereocenters. The fourth-order valence-corrected chi connectivity index (χ4v) is 2.44. The average Bonchev–Trinajstić information content (AvgIpc) is 2.62. The van der Waals surface area contributed by atoms with Crippen molar-refractivity contribution in [2.24, 2.45) is 0 Å². The molecule has 3 aromatic rings. The van der Waals surface area contributed by atoms with Crippen LogP contribution < -0.4 is 4.74 Å². The molecule has 0 amide bonds. The van der Waals surface area contributed by atoms with Crippen molar-refractivity contribution in [2.75, 3.05) is 0 Å². The van der Waals surface area contributed by atoms with Gasteiger partial charge >= 0.3 is 0 Å². The lowest BCUT2D eigenvalue weighted by atomic mass is 10.0. The molecule has 120 valence electrons. The van der Waals surface area contributed by atoms with Gasteiger partial charge in [-0.15, -0.1) is 0 Å². The van der Waals surface area contributed by atoms with E-state index in [2.05, 4.69) is 4.98 Å². The minimum atomic E-state index is 0.525. The van der Waals surface area contributed by atoms with Crippen LogP contribution in [0.3, 0.4) is 0 Å². The van der Waals surface area contributed by atoms with Crippen LogP contribution in [0.5, 0.6) is 5.75 Å². The normalized spacial score (nSPS) is 10.4. The summed E-state index contributed by atoms with van der Waals surface area (Å²) in [6.07, 6.45) is 2.31. The zero-order valence-electron chi connectivity index (χ0n) is 13.7. The third-order valence-electron chi connectivity index (χ3n) is 3.78. The number of hydrogen-bond acceptors (Lipinski definition) is 3. The van der Waals surface area contributed by atoms with Gasteiger partial charge in [0.2, 0.25) is 0 Å². The molecule has 0 aliphatic rings. The Morgan fingerprint density at radius 3 is 2.42 bits per heavy atom. The summed E-state index contributed by atoms with van der Waals surface area (Å²) in [4.78, 5) is 4.27. The van der Waals surface area contributed by atoms with Crippen LogP contribution >= 0.6 is 0 Å². The van der Waals surface area contributed by atoms with Crippen LogP contribution in [0.2, 0.25) is 0 Å². The summed E-state index contributed by atoms with van der Waals surface area (Å²) in [5.74, 6) is 0.836. The molecule has 0 saturated carbocycles. The summed E-state index contributed by atoms with van der Waals surface area (Å²) in [6.45, 7) is 2.57. The first-order valence-electron chi connectivity index (χ1n) is 7.97. The van der Waals surface area contributed by atoms with Crippen LogP contribution in [-0.2, 0) is 13.0 Å². The SMILES string of the molecule is Cc1ccnc(C(=N)Cc2ccc(OCc3ccccc3)cc2)c1. The summed E-state index contributed by atoms with van der Waals surface area (Å²) < 4.78 is 5.79. The van der Waals surface area contributed by atoms with E-state index in [1.807, 2.05) is 73.7 Å². The van der Waals surface area contributed by atoms with Crippen LogP contribution in [0.4, 0.5) is 0 Å². The molecule has 1 aromatic heterocycles. The predicted molar refractivity (Wildman–Crippen MR) is 96.7 cm³/mol. The predicted octanol–water partition coefficient (Wildman–Crippen LogP) is 4.58. The molecule has 3 rings (SSSR count). The lowest BCUT2D eigenvalue weighted by Crippen LogP contribution is -2.06. The molecule has 1 N–H and O–H groups in total. The summed E-state index contributed by atoms with van der Waals surface area (Å²) in [5.41, 5.74) is 4.61. The van der Waals surface area contributed by atoms with Crippen LogP contribution in [0, 0.1) is 12.3 Å². The number of aryl methyl sites for hydroxylation is 1. The Balaban J connectivity index is 1.59. The first-order valence-corrected chi connectivity index (χ1v) is 7.97. The highest BCUT2D eigenvalue weighted by atomic mass is 16.5. The first kappa shape index (κ1) is 15.9. The van der Waals surface area contributed by atoms with E-state index in [0.29, 0.717) is 18.7 Å². The van der Waals surface area contributed by atoms with Gasteiger partial charge in [0.25, 0.3) is 0 Å². The van der Waals surface area contributed by atoms with Gasteiger partial charge in [-0.25, -0.2) is 0 Å².